The van der Waals surface area contributed by atoms with Gasteiger partial charge in [0.05, 0.1) is 0 Å². The van der Waals surface area contributed by atoms with Crippen molar-refractivity contribution < 1.29 is 18.4 Å². The van der Waals surface area contributed by atoms with Crippen LogP contribution in [0.1, 0.15) is 48.0 Å². The molecule has 2 N–H and O–H groups in total. The van der Waals surface area contributed by atoms with Crippen molar-refractivity contribution in [1.82, 2.24) is 5.32 Å². The van der Waals surface area contributed by atoms with Gasteiger partial charge < -0.3 is 10.6 Å². The van der Waals surface area contributed by atoms with E-state index in [1.807, 2.05) is 0 Å². The molecule has 1 aliphatic carbocycles. The fourth-order valence-electron chi connectivity index (χ4n) is 3.53. The molecule has 0 bridgehead atoms. The standard InChI is InChI=1S/C22H24F2N2O2/c23-18-11-15(12-19(24)14-18)9-10-25-21(27)17-7-4-8-20(13-17)26-22(28)16-5-2-1-3-6-16/h4,7-8,11-14,16H,1-3,5-6,9-10H2,(H,25,27)(H,26,28). The summed E-state index contributed by atoms with van der Waals surface area (Å²) in [6, 6.07) is 10.1. The molecular weight excluding hydrogens is 362 g/mol. The zero-order valence-corrected chi connectivity index (χ0v) is 15.6. The Kier molecular flexibility index (Phi) is 6.74. The van der Waals surface area contributed by atoms with Gasteiger partial charge in [0.2, 0.25) is 5.91 Å². The fourth-order valence-corrected chi connectivity index (χ4v) is 3.53. The third kappa shape index (κ3) is 5.62. The van der Waals surface area contributed by atoms with Gasteiger partial charge in [0.15, 0.2) is 0 Å². The maximum Gasteiger partial charge on any atom is 0.251 e. The van der Waals surface area contributed by atoms with E-state index in [-0.39, 0.29) is 24.3 Å². The van der Waals surface area contributed by atoms with Gasteiger partial charge in [-0.3, -0.25) is 9.59 Å². The SMILES string of the molecule is O=C(NCCc1cc(F)cc(F)c1)c1cccc(NC(=O)C2CCCCC2)c1. The van der Waals surface area contributed by atoms with Crippen LogP contribution in [0.15, 0.2) is 42.5 Å². The highest BCUT2D eigenvalue weighted by atomic mass is 19.1. The summed E-state index contributed by atoms with van der Waals surface area (Å²) < 4.78 is 26.4. The fraction of sp³-hybridized carbons (Fsp3) is 0.364. The van der Waals surface area contributed by atoms with Crippen molar-refractivity contribution >= 4 is 17.5 Å². The van der Waals surface area contributed by atoms with Crippen molar-refractivity contribution in [3.63, 3.8) is 0 Å². The van der Waals surface area contributed by atoms with Crippen LogP contribution in [0, 0.1) is 17.6 Å². The lowest BCUT2D eigenvalue weighted by Crippen LogP contribution is -2.26. The third-order valence-electron chi connectivity index (χ3n) is 4.99. The molecule has 0 aromatic heterocycles. The lowest BCUT2D eigenvalue weighted by molar-refractivity contribution is -0.120. The van der Waals surface area contributed by atoms with E-state index < -0.39 is 11.6 Å². The van der Waals surface area contributed by atoms with E-state index in [2.05, 4.69) is 10.6 Å². The summed E-state index contributed by atoms with van der Waals surface area (Å²) in [6.07, 6.45) is 5.48. The van der Waals surface area contributed by atoms with Gasteiger partial charge in [-0.2, -0.15) is 0 Å². The number of hydrogen-bond acceptors (Lipinski definition) is 2. The smallest absolute Gasteiger partial charge is 0.251 e. The Morgan fingerprint density at radius 3 is 2.39 bits per heavy atom. The van der Waals surface area contributed by atoms with E-state index in [1.54, 1.807) is 24.3 Å². The van der Waals surface area contributed by atoms with Crippen LogP contribution in [-0.4, -0.2) is 18.4 Å². The molecule has 0 spiro atoms. The van der Waals surface area contributed by atoms with E-state index in [9.17, 15) is 18.4 Å². The summed E-state index contributed by atoms with van der Waals surface area (Å²) in [5, 5.41) is 5.63. The molecule has 1 saturated carbocycles. The Labute approximate surface area is 163 Å². The molecule has 0 saturated heterocycles. The predicted octanol–water partition coefficient (Wildman–Crippen LogP) is 4.46. The number of nitrogens with one attached hydrogen (secondary N) is 2. The first kappa shape index (κ1) is 20.0. The number of carbonyl (C=O) groups excluding carboxylic acids is 2. The van der Waals surface area contributed by atoms with Gasteiger partial charge in [-0.25, -0.2) is 8.78 Å². The average molecular weight is 386 g/mol. The van der Waals surface area contributed by atoms with Crippen LogP contribution in [0.5, 0.6) is 0 Å². The number of rotatable bonds is 6. The quantitative estimate of drug-likeness (QED) is 0.770. The molecule has 1 fully saturated rings. The lowest BCUT2D eigenvalue weighted by Gasteiger charge is -2.20. The second kappa shape index (κ2) is 9.44. The normalized spacial score (nSPS) is 14.5. The van der Waals surface area contributed by atoms with Crippen molar-refractivity contribution in [3.8, 4) is 0 Å². The minimum Gasteiger partial charge on any atom is -0.352 e. The van der Waals surface area contributed by atoms with Crippen molar-refractivity contribution in [2.75, 3.05) is 11.9 Å². The lowest BCUT2D eigenvalue weighted by atomic mass is 9.88. The molecule has 4 nitrogen and oxygen atoms in total. The summed E-state index contributed by atoms with van der Waals surface area (Å²) in [7, 11) is 0. The van der Waals surface area contributed by atoms with Crippen LogP contribution in [0.3, 0.4) is 0 Å². The first-order valence-corrected chi connectivity index (χ1v) is 9.65. The summed E-state index contributed by atoms with van der Waals surface area (Å²) in [5.74, 6) is -1.53. The number of hydrogen-bond donors (Lipinski definition) is 2. The summed E-state index contributed by atoms with van der Waals surface area (Å²) in [6.45, 7) is 0.250. The molecule has 0 unspecified atom stereocenters. The number of carbonyl (C=O) groups is 2. The van der Waals surface area contributed by atoms with Crippen molar-refractivity contribution in [2.45, 2.75) is 38.5 Å². The van der Waals surface area contributed by atoms with Gasteiger partial charge in [-0.05, 0) is 55.2 Å². The average Bonchev–Trinajstić information content (AvgIpc) is 2.68. The zero-order chi connectivity index (χ0) is 19.9. The number of halogens is 2. The molecule has 0 atom stereocenters. The zero-order valence-electron chi connectivity index (χ0n) is 15.6. The summed E-state index contributed by atoms with van der Waals surface area (Å²) in [4.78, 5) is 24.7. The molecule has 0 aliphatic heterocycles. The van der Waals surface area contributed by atoms with Crippen molar-refractivity contribution in [2.24, 2.45) is 5.92 Å². The van der Waals surface area contributed by atoms with Crippen LogP contribution in [0.4, 0.5) is 14.5 Å². The Morgan fingerprint density at radius 2 is 1.68 bits per heavy atom. The Bertz CT molecular complexity index is 828. The molecule has 0 heterocycles. The Balaban J connectivity index is 1.53. The minimum atomic E-state index is -0.636. The van der Waals surface area contributed by atoms with Gasteiger partial charge in [0.1, 0.15) is 11.6 Å². The topological polar surface area (TPSA) is 58.2 Å². The van der Waals surface area contributed by atoms with Crippen LogP contribution in [0.2, 0.25) is 0 Å². The molecule has 2 amide bonds. The van der Waals surface area contributed by atoms with Crippen LogP contribution >= 0.6 is 0 Å². The maximum atomic E-state index is 13.2. The molecular formula is C22H24F2N2O2. The van der Waals surface area contributed by atoms with Gasteiger partial charge in [0.25, 0.3) is 5.91 Å². The van der Waals surface area contributed by atoms with Gasteiger partial charge in [-0.1, -0.05) is 25.3 Å². The number of amides is 2. The minimum absolute atomic E-state index is 0.00499. The molecule has 2 aromatic carbocycles. The van der Waals surface area contributed by atoms with Crippen molar-refractivity contribution in [3.05, 3.63) is 65.2 Å². The summed E-state index contributed by atoms with van der Waals surface area (Å²) >= 11 is 0. The van der Waals surface area contributed by atoms with Crippen molar-refractivity contribution in [1.29, 1.82) is 0 Å². The number of anilines is 1. The largest absolute Gasteiger partial charge is 0.352 e. The van der Waals surface area contributed by atoms with Crippen LogP contribution < -0.4 is 10.6 Å². The van der Waals surface area contributed by atoms with Crippen LogP contribution in [0.25, 0.3) is 0 Å². The molecule has 0 radical (unpaired) electrons. The highest BCUT2D eigenvalue weighted by Crippen LogP contribution is 2.25. The van der Waals surface area contributed by atoms with Gasteiger partial charge >= 0.3 is 0 Å². The van der Waals surface area contributed by atoms with Gasteiger partial charge in [-0.15, -0.1) is 0 Å². The molecule has 1 aliphatic rings. The predicted molar refractivity (Wildman–Crippen MR) is 104 cm³/mol. The molecule has 2 aromatic rings. The highest BCUT2D eigenvalue weighted by molar-refractivity contribution is 5.97. The first-order chi connectivity index (χ1) is 13.5. The highest BCUT2D eigenvalue weighted by Gasteiger charge is 2.21. The van der Waals surface area contributed by atoms with Gasteiger partial charge in [0, 0.05) is 29.8 Å². The van der Waals surface area contributed by atoms with E-state index in [1.165, 1.54) is 18.6 Å². The Hall–Kier alpha value is -2.76. The monoisotopic (exact) mass is 386 g/mol. The first-order valence-electron chi connectivity index (χ1n) is 9.65. The molecule has 28 heavy (non-hydrogen) atoms. The third-order valence-corrected chi connectivity index (χ3v) is 4.99. The molecule has 3 rings (SSSR count). The van der Waals surface area contributed by atoms with E-state index in [0.717, 1.165) is 31.7 Å². The second-order valence-electron chi connectivity index (χ2n) is 7.19. The summed E-state index contributed by atoms with van der Waals surface area (Å²) in [5.41, 5.74) is 1.49. The van der Waals surface area contributed by atoms with E-state index in [4.69, 9.17) is 0 Å². The maximum absolute atomic E-state index is 13.2. The Morgan fingerprint density at radius 1 is 0.964 bits per heavy atom. The second-order valence-corrected chi connectivity index (χ2v) is 7.19. The molecule has 6 heteroatoms. The van der Waals surface area contributed by atoms with E-state index >= 15 is 0 Å². The number of benzene rings is 2. The van der Waals surface area contributed by atoms with Crippen LogP contribution in [-0.2, 0) is 11.2 Å². The van der Waals surface area contributed by atoms with E-state index in [0.29, 0.717) is 23.2 Å². The molecule has 148 valence electrons.